The smallest absolute Gasteiger partial charge is 0.460 e. The van der Waals surface area contributed by atoms with Crippen LogP contribution >= 0.6 is 0 Å². The first kappa shape index (κ1) is 88.5. The molecule has 56 heteroatoms. The number of carbonyl (C=O) groups is 1. The van der Waals surface area contributed by atoms with Crippen LogP contribution in [0.15, 0.2) is 12.1 Å². The summed E-state index contributed by atoms with van der Waals surface area (Å²) >= 11 is 0. The zero-order valence-corrected chi connectivity index (χ0v) is 43.4. The first-order valence-electron chi connectivity index (χ1n) is 22.8. The molecule has 0 bridgehead atoms. The highest BCUT2D eigenvalue weighted by Crippen LogP contribution is 2.68. The van der Waals surface area contributed by atoms with Crippen molar-refractivity contribution in [3.63, 3.8) is 0 Å². The highest BCUT2D eigenvalue weighted by molar-refractivity contribution is 5.89. The van der Waals surface area contributed by atoms with Gasteiger partial charge in [0.05, 0.1) is 25.4 Å². The normalized spacial score (nSPS) is 16.1. The van der Waals surface area contributed by atoms with Gasteiger partial charge in [-0.3, -0.25) is 0 Å². The molecule has 1 aromatic rings. The fourth-order valence-electron chi connectivity index (χ4n) is 6.54. The van der Waals surface area contributed by atoms with Crippen molar-refractivity contribution in [1.29, 1.82) is 0 Å². The topological polar surface area (TPSA) is 65.0 Å². The SMILES string of the molecule is O=C(O)c1cc(OCCCC(F)(F)C(F)(F)C(F)(F)C(F)(F)C(F)(F)C(F)(F)C(F)(F)C(F)(F)F)c(OCCCC(F)(F)C(F)(F)C(F)(F)C(F)(F)C(F)(F)C(F)(F)C(F)(F)C(F)(F)F)c(OCCCC(F)(F)C(F)(F)C(F)(F)C(F)(F)C(F)(F)C(F)(F)C(F)(F)C(F)(F)F)c1. The summed E-state index contributed by atoms with van der Waals surface area (Å²) in [6, 6.07) is -0.953. The molecule has 568 valence electrons. The van der Waals surface area contributed by atoms with Crippen molar-refractivity contribution in [3.05, 3.63) is 17.7 Å². The molecule has 0 spiro atoms. The van der Waals surface area contributed by atoms with Gasteiger partial charge < -0.3 is 19.3 Å². The van der Waals surface area contributed by atoms with Crippen LogP contribution in [-0.4, -0.2) is 174 Å². The highest BCUT2D eigenvalue weighted by atomic mass is 19.5. The van der Waals surface area contributed by atoms with Gasteiger partial charge in [0.1, 0.15) is 0 Å². The van der Waals surface area contributed by atoms with E-state index in [0.717, 1.165) is 0 Å². The molecule has 0 aliphatic rings. The number of hydrogen-bond acceptors (Lipinski definition) is 4. The van der Waals surface area contributed by atoms with Gasteiger partial charge in [-0.05, 0) is 31.4 Å². The molecule has 0 amide bonds. The zero-order valence-electron chi connectivity index (χ0n) is 43.4. The Morgan fingerprint density at radius 3 is 0.573 bits per heavy atom. The van der Waals surface area contributed by atoms with E-state index in [4.69, 9.17) is 0 Å². The van der Waals surface area contributed by atoms with Crippen LogP contribution in [0.3, 0.4) is 0 Å². The van der Waals surface area contributed by atoms with Crippen LogP contribution in [0.5, 0.6) is 17.2 Å². The van der Waals surface area contributed by atoms with Crippen molar-refractivity contribution in [1.82, 2.24) is 0 Å². The van der Waals surface area contributed by atoms with Crippen LogP contribution in [0, 0.1) is 0 Å². The Kier molecular flexibility index (Phi) is 23.1. The van der Waals surface area contributed by atoms with Crippen LogP contribution in [0.2, 0.25) is 0 Å². The van der Waals surface area contributed by atoms with Crippen LogP contribution in [0.1, 0.15) is 48.9 Å². The van der Waals surface area contributed by atoms with Crippen molar-refractivity contribution in [2.24, 2.45) is 0 Å². The Morgan fingerprint density at radius 2 is 0.406 bits per heavy atom. The average molecular weight is 1550 g/mol. The summed E-state index contributed by atoms with van der Waals surface area (Å²) in [4.78, 5) is 11.8. The summed E-state index contributed by atoms with van der Waals surface area (Å²) < 4.78 is 713. The number of rotatable bonds is 34. The maximum Gasteiger partial charge on any atom is 0.460 e. The number of aromatic carboxylic acids is 1. The molecule has 0 unspecified atom stereocenters. The molecule has 0 fully saturated rings. The Morgan fingerprint density at radius 1 is 0.250 bits per heavy atom. The van der Waals surface area contributed by atoms with Gasteiger partial charge in [0.15, 0.2) is 11.5 Å². The van der Waals surface area contributed by atoms with Gasteiger partial charge in [-0.2, -0.15) is 224 Å². The number of hydrogen-bond donors (Lipinski definition) is 1. The number of carboxylic acids is 1. The minimum atomic E-state index is -9.26. The minimum Gasteiger partial charge on any atom is -0.490 e. The highest BCUT2D eigenvalue weighted by Gasteiger charge is 2.98. The molecule has 0 atom stereocenters. The lowest BCUT2D eigenvalue weighted by molar-refractivity contribution is -0.461. The van der Waals surface area contributed by atoms with E-state index >= 15 is 0 Å². The van der Waals surface area contributed by atoms with E-state index < -0.39 is 242 Å². The summed E-state index contributed by atoms with van der Waals surface area (Å²) in [6.07, 6.45) is -43.3. The minimum absolute atomic E-state index is 0.477. The third-order valence-electron chi connectivity index (χ3n) is 12.3. The molecule has 0 aliphatic heterocycles. The number of ether oxygens (including phenoxy) is 3. The van der Waals surface area contributed by atoms with Gasteiger partial charge in [-0.25, -0.2) is 4.79 Å². The number of carboxylic acid groups (broad SMARTS) is 1. The predicted octanol–water partition coefficient (Wildman–Crippen LogP) is 19.9. The second-order valence-corrected chi connectivity index (χ2v) is 18.9. The Labute approximate surface area is 491 Å². The third-order valence-corrected chi connectivity index (χ3v) is 12.3. The molecule has 1 N–H and O–H groups in total. The molecule has 96 heavy (non-hydrogen) atoms. The van der Waals surface area contributed by atoms with E-state index in [0.29, 0.717) is 0 Å². The monoisotopic (exact) mass is 1550 g/mol. The molecule has 1 aromatic carbocycles. The fraction of sp³-hybridized carbons (Fsp3) is 0.825. The third kappa shape index (κ3) is 13.1. The summed E-state index contributed by atoms with van der Waals surface area (Å²) in [7, 11) is 0. The molecule has 0 heterocycles. The standard InChI is InChI=1S/C40H21F51O5/c41-17(42,20(47,48)23(53,54)26(59,60)29(65,66)32(71,72)35(77,78)38(83,84)85)4-1-7-94-13-10-12(16(92)93)11-14(95-8-2-5-18(43,44)21(49,50)24(55,56)27(61,62)30(67,68)33(73,74)36(79,80)39(86,87)88)15(13)96-9-3-6-19(45,46)22(51,52)25(57,58)28(63,64)31(69,70)34(75,76)37(81,82)40(89,90)91/h10-11H,1-9H2,(H,92,93). The number of alkyl halides is 51. The number of benzene rings is 1. The van der Waals surface area contributed by atoms with E-state index in [1.54, 1.807) is 0 Å². The first-order chi connectivity index (χ1) is 41.3. The van der Waals surface area contributed by atoms with Crippen LogP contribution in [0.25, 0.3) is 0 Å². The first-order valence-corrected chi connectivity index (χ1v) is 22.8. The van der Waals surface area contributed by atoms with Gasteiger partial charge in [-0.1, -0.05) is 0 Å². The van der Waals surface area contributed by atoms with Gasteiger partial charge in [0.2, 0.25) is 5.75 Å². The predicted molar refractivity (Wildman–Crippen MR) is 200 cm³/mol. The average Bonchev–Trinajstić information content (AvgIpc) is 0.709. The molecular formula is C40H21F51O5. The number of halogens is 51. The van der Waals surface area contributed by atoms with Gasteiger partial charge in [-0.15, -0.1) is 0 Å². The largest absolute Gasteiger partial charge is 0.490 e. The summed E-state index contributed by atoms with van der Waals surface area (Å²) in [5.74, 6) is -193. The summed E-state index contributed by atoms with van der Waals surface area (Å²) in [5, 5.41) is 9.38. The summed E-state index contributed by atoms with van der Waals surface area (Å²) in [6.45, 7) is -7.38. The molecule has 0 radical (unpaired) electrons. The molecule has 5 nitrogen and oxygen atoms in total. The van der Waals surface area contributed by atoms with Crippen molar-refractivity contribution >= 4 is 5.97 Å². The van der Waals surface area contributed by atoms with Crippen LogP contribution in [0.4, 0.5) is 224 Å². The van der Waals surface area contributed by atoms with E-state index in [1.165, 1.54) is 0 Å². The summed E-state index contributed by atoms with van der Waals surface area (Å²) in [5.41, 5.74) is -1.88. The van der Waals surface area contributed by atoms with Crippen molar-refractivity contribution in [3.8, 4) is 17.2 Å². The van der Waals surface area contributed by atoms with Gasteiger partial charge >= 0.3 is 149 Å². The van der Waals surface area contributed by atoms with Gasteiger partial charge in [0, 0.05) is 19.3 Å². The maximum atomic E-state index is 14.6. The van der Waals surface area contributed by atoms with E-state index in [2.05, 4.69) is 14.2 Å². The van der Waals surface area contributed by atoms with Crippen molar-refractivity contribution in [2.75, 3.05) is 19.8 Å². The van der Waals surface area contributed by atoms with E-state index in [-0.39, 0.29) is 0 Å². The Balaban J connectivity index is 4.06. The molecule has 1 rings (SSSR count). The maximum absolute atomic E-state index is 14.6. The molecule has 0 aromatic heterocycles. The van der Waals surface area contributed by atoms with Gasteiger partial charge in [0.25, 0.3) is 0 Å². The second kappa shape index (κ2) is 25.0. The van der Waals surface area contributed by atoms with Crippen LogP contribution < -0.4 is 14.2 Å². The zero-order chi connectivity index (χ0) is 77.8. The van der Waals surface area contributed by atoms with Crippen molar-refractivity contribution < 1.29 is 248 Å². The van der Waals surface area contributed by atoms with E-state index in [9.17, 15) is 234 Å². The van der Waals surface area contributed by atoms with E-state index in [1.807, 2.05) is 0 Å². The molecule has 0 saturated carbocycles. The quantitative estimate of drug-likeness (QED) is 0.0550. The molecule has 0 saturated heterocycles. The lowest BCUT2D eigenvalue weighted by Crippen LogP contribution is -2.74. The lowest BCUT2D eigenvalue weighted by atomic mass is 9.88. The Hall–Kier alpha value is -5.48. The van der Waals surface area contributed by atoms with Crippen LogP contribution in [-0.2, 0) is 0 Å². The Bertz CT molecular complexity index is 2730. The molecular weight excluding hydrogens is 1530 g/mol. The lowest BCUT2D eigenvalue weighted by Gasteiger charge is -2.42. The fourth-order valence-corrected chi connectivity index (χ4v) is 6.54. The van der Waals surface area contributed by atoms with Crippen molar-refractivity contribution in [2.45, 2.75) is 181 Å². The second-order valence-electron chi connectivity index (χ2n) is 18.9. The molecule has 0 aliphatic carbocycles.